The number of hydrogen-bond acceptors (Lipinski definition) is 2. The van der Waals surface area contributed by atoms with Gasteiger partial charge in [-0.1, -0.05) is 40.9 Å². The number of hydrogen-bond donors (Lipinski definition) is 0. The molecular formula is C19H26BrNO. The molecule has 120 valence electrons. The maximum atomic E-state index is 6.55. The van der Waals surface area contributed by atoms with E-state index in [0.29, 0.717) is 5.92 Å². The fourth-order valence-corrected chi connectivity index (χ4v) is 4.23. The van der Waals surface area contributed by atoms with E-state index in [0.717, 1.165) is 16.8 Å². The predicted octanol–water partition coefficient (Wildman–Crippen LogP) is 5.14. The van der Waals surface area contributed by atoms with Crippen molar-refractivity contribution < 1.29 is 4.74 Å². The highest BCUT2D eigenvalue weighted by Crippen LogP contribution is 2.52. The van der Waals surface area contributed by atoms with Crippen molar-refractivity contribution in [3.8, 4) is 5.75 Å². The van der Waals surface area contributed by atoms with E-state index in [1.54, 1.807) is 0 Å². The lowest BCUT2D eigenvalue weighted by Gasteiger charge is -2.32. The second-order valence-electron chi connectivity index (χ2n) is 6.93. The van der Waals surface area contributed by atoms with Gasteiger partial charge >= 0.3 is 0 Å². The van der Waals surface area contributed by atoms with Crippen LogP contribution in [-0.4, -0.2) is 31.1 Å². The highest BCUT2D eigenvalue weighted by molar-refractivity contribution is 9.10. The summed E-state index contributed by atoms with van der Waals surface area (Å²) >= 11 is 3.62. The first-order chi connectivity index (χ1) is 10.6. The molecule has 0 N–H and O–H groups in total. The van der Waals surface area contributed by atoms with Crippen LogP contribution in [-0.2, 0) is 0 Å². The van der Waals surface area contributed by atoms with Gasteiger partial charge in [-0.15, -0.1) is 0 Å². The molecule has 2 nitrogen and oxygen atoms in total. The normalized spacial score (nSPS) is 23.7. The number of rotatable bonds is 3. The Morgan fingerprint density at radius 3 is 2.64 bits per heavy atom. The van der Waals surface area contributed by atoms with Gasteiger partial charge in [0.1, 0.15) is 11.4 Å². The molecule has 1 heterocycles. The third kappa shape index (κ3) is 3.26. The average Bonchev–Trinajstić information content (AvgIpc) is 2.62. The van der Waals surface area contributed by atoms with E-state index >= 15 is 0 Å². The van der Waals surface area contributed by atoms with Crippen molar-refractivity contribution in [2.24, 2.45) is 0 Å². The Kier molecular flexibility index (Phi) is 4.94. The number of ether oxygens (including phenoxy) is 1. The Morgan fingerprint density at radius 2 is 1.95 bits per heavy atom. The maximum absolute atomic E-state index is 6.55. The zero-order valence-electron chi connectivity index (χ0n) is 13.6. The minimum absolute atomic E-state index is 0.0115. The van der Waals surface area contributed by atoms with Crippen molar-refractivity contribution in [1.29, 1.82) is 0 Å². The van der Waals surface area contributed by atoms with Crippen LogP contribution in [0.15, 0.2) is 34.8 Å². The van der Waals surface area contributed by atoms with Gasteiger partial charge in [0.15, 0.2) is 0 Å². The molecule has 3 heteroatoms. The van der Waals surface area contributed by atoms with Gasteiger partial charge < -0.3 is 9.64 Å². The molecule has 22 heavy (non-hydrogen) atoms. The van der Waals surface area contributed by atoms with Crippen LogP contribution in [0.25, 0.3) is 0 Å². The molecule has 1 spiro atoms. The Bertz CT molecular complexity index is 544. The van der Waals surface area contributed by atoms with Gasteiger partial charge in [-0.25, -0.2) is 0 Å². The Hall–Kier alpha value is -0.800. The summed E-state index contributed by atoms with van der Waals surface area (Å²) in [5.74, 6) is 1.47. The van der Waals surface area contributed by atoms with Crippen molar-refractivity contribution in [2.75, 3.05) is 20.6 Å². The molecule has 2 aliphatic rings. The first kappa shape index (κ1) is 16.1. The number of halogens is 1. The molecule has 1 aromatic carbocycles. The lowest BCUT2D eigenvalue weighted by Crippen LogP contribution is -2.36. The molecule has 0 bridgehead atoms. The Labute approximate surface area is 142 Å². The van der Waals surface area contributed by atoms with E-state index < -0.39 is 0 Å². The summed E-state index contributed by atoms with van der Waals surface area (Å²) in [5, 5.41) is 0. The second kappa shape index (κ2) is 6.76. The van der Waals surface area contributed by atoms with E-state index in [9.17, 15) is 0 Å². The molecular weight excluding hydrogens is 338 g/mol. The van der Waals surface area contributed by atoms with Crippen LogP contribution in [0.1, 0.15) is 50.0 Å². The molecule has 1 fully saturated rings. The van der Waals surface area contributed by atoms with Crippen molar-refractivity contribution >= 4 is 15.9 Å². The third-order valence-corrected chi connectivity index (χ3v) is 5.43. The molecule has 0 saturated heterocycles. The van der Waals surface area contributed by atoms with Gasteiger partial charge in [0.25, 0.3) is 0 Å². The molecule has 1 saturated carbocycles. The van der Waals surface area contributed by atoms with Gasteiger partial charge in [0.05, 0.1) is 0 Å². The van der Waals surface area contributed by atoms with Gasteiger partial charge in [-0.2, -0.15) is 0 Å². The smallest absolute Gasteiger partial charge is 0.124 e. The first-order valence-corrected chi connectivity index (χ1v) is 9.20. The molecule has 0 radical (unpaired) electrons. The molecule has 1 aliphatic carbocycles. The summed E-state index contributed by atoms with van der Waals surface area (Å²) in [6, 6.07) is 6.47. The van der Waals surface area contributed by atoms with Crippen LogP contribution in [0.5, 0.6) is 5.75 Å². The van der Waals surface area contributed by atoms with Gasteiger partial charge in [-0.3, -0.25) is 0 Å². The summed E-state index contributed by atoms with van der Waals surface area (Å²) in [4.78, 5) is 2.20. The van der Waals surface area contributed by atoms with Crippen molar-refractivity contribution in [3.63, 3.8) is 0 Å². The lowest BCUT2D eigenvalue weighted by atomic mass is 9.79. The largest absolute Gasteiger partial charge is 0.486 e. The molecule has 0 amide bonds. The topological polar surface area (TPSA) is 12.5 Å². The fourth-order valence-electron chi connectivity index (χ4n) is 3.85. The summed E-state index contributed by atoms with van der Waals surface area (Å²) in [5.41, 5.74) is 1.34. The Morgan fingerprint density at radius 1 is 1.23 bits per heavy atom. The van der Waals surface area contributed by atoms with Crippen LogP contribution in [0.2, 0.25) is 0 Å². The zero-order valence-corrected chi connectivity index (χ0v) is 15.2. The standard InChI is InChI=1S/C19H26BrNO/c1-21(2)13-7-8-17-16-14-15(20)9-10-18(16)22-19(17)11-5-3-4-6-12-19/h7-10,14,17H,3-6,11-13H2,1-2H3/b8-7+. The SMILES string of the molecule is CN(C)C/C=C/C1c2cc(Br)ccc2OC12CCCCCC2. The lowest BCUT2D eigenvalue weighted by molar-refractivity contribution is 0.0640. The summed E-state index contributed by atoms with van der Waals surface area (Å²) in [6.45, 7) is 0.982. The molecule has 1 atom stereocenters. The van der Waals surface area contributed by atoms with Gasteiger partial charge in [0.2, 0.25) is 0 Å². The molecule has 1 unspecified atom stereocenters. The molecule has 1 aliphatic heterocycles. The monoisotopic (exact) mass is 363 g/mol. The van der Waals surface area contributed by atoms with Crippen LogP contribution in [0, 0.1) is 0 Å². The highest BCUT2D eigenvalue weighted by atomic mass is 79.9. The number of fused-ring (bicyclic) bond motifs is 1. The number of likely N-dealkylation sites (N-methyl/N-ethyl adjacent to an activating group) is 1. The zero-order chi connectivity index (χ0) is 15.6. The Balaban J connectivity index is 1.94. The fraction of sp³-hybridized carbons (Fsp3) is 0.579. The van der Waals surface area contributed by atoms with Gasteiger partial charge in [0, 0.05) is 22.5 Å². The van der Waals surface area contributed by atoms with Crippen molar-refractivity contribution in [1.82, 2.24) is 4.90 Å². The van der Waals surface area contributed by atoms with Crippen LogP contribution in [0.4, 0.5) is 0 Å². The number of benzene rings is 1. The van der Waals surface area contributed by atoms with E-state index in [1.807, 2.05) is 0 Å². The molecule has 1 aromatic rings. The van der Waals surface area contributed by atoms with E-state index in [4.69, 9.17) is 4.74 Å². The summed E-state index contributed by atoms with van der Waals surface area (Å²) < 4.78 is 7.70. The summed E-state index contributed by atoms with van der Waals surface area (Å²) in [6.07, 6.45) is 12.3. The number of nitrogens with zero attached hydrogens (tertiary/aromatic N) is 1. The van der Waals surface area contributed by atoms with Crippen LogP contribution < -0.4 is 4.74 Å². The molecule has 0 aromatic heterocycles. The average molecular weight is 364 g/mol. The van der Waals surface area contributed by atoms with Crippen LogP contribution >= 0.6 is 15.9 Å². The van der Waals surface area contributed by atoms with E-state index in [1.165, 1.54) is 44.1 Å². The van der Waals surface area contributed by atoms with Crippen molar-refractivity contribution in [3.05, 3.63) is 40.4 Å². The van der Waals surface area contributed by atoms with E-state index in [2.05, 4.69) is 65.3 Å². The minimum atomic E-state index is -0.0115. The molecule has 3 rings (SSSR count). The maximum Gasteiger partial charge on any atom is 0.124 e. The predicted molar refractivity (Wildman–Crippen MR) is 95.6 cm³/mol. The highest BCUT2D eigenvalue weighted by Gasteiger charge is 2.46. The quantitative estimate of drug-likeness (QED) is 0.689. The second-order valence-corrected chi connectivity index (χ2v) is 7.85. The van der Waals surface area contributed by atoms with E-state index in [-0.39, 0.29) is 5.60 Å². The first-order valence-electron chi connectivity index (χ1n) is 8.41. The van der Waals surface area contributed by atoms with Gasteiger partial charge in [-0.05, 0) is 58.0 Å². The minimum Gasteiger partial charge on any atom is -0.486 e. The van der Waals surface area contributed by atoms with Crippen molar-refractivity contribution in [2.45, 2.75) is 50.0 Å². The third-order valence-electron chi connectivity index (χ3n) is 4.94. The summed E-state index contributed by atoms with van der Waals surface area (Å²) in [7, 11) is 4.23. The van der Waals surface area contributed by atoms with Crippen LogP contribution in [0.3, 0.4) is 0 Å².